The number of hydrogen-bond donors (Lipinski definition) is 1. The maximum atomic E-state index is 10.4. The maximum absolute atomic E-state index is 10.4. The van der Waals surface area contributed by atoms with Crippen molar-refractivity contribution >= 4 is 5.97 Å². The molecule has 0 aromatic carbocycles. The third-order valence-corrected chi connectivity index (χ3v) is 3.13. The van der Waals surface area contributed by atoms with Gasteiger partial charge in [0.2, 0.25) is 0 Å². The number of rotatable bonds is 11. The maximum Gasteiger partial charge on any atom is 0.303 e. The second-order valence-electron chi connectivity index (χ2n) is 4.49. The lowest BCUT2D eigenvalue weighted by atomic mass is 10.1. The fourth-order valence-electron chi connectivity index (χ4n) is 1.79. The minimum absolute atomic E-state index is 0.293. The van der Waals surface area contributed by atoms with Crippen molar-refractivity contribution in [3.63, 3.8) is 0 Å². The summed E-state index contributed by atoms with van der Waals surface area (Å²) in [4.78, 5) is 12.8. The fourth-order valence-corrected chi connectivity index (χ4v) is 1.79. The van der Waals surface area contributed by atoms with Gasteiger partial charge in [-0.3, -0.25) is 9.69 Å². The van der Waals surface area contributed by atoms with Crippen molar-refractivity contribution in [2.45, 2.75) is 52.0 Å². The predicted octanol–water partition coefficient (Wildman–Crippen LogP) is 2.38. The van der Waals surface area contributed by atoms with Crippen molar-refractivity contribution in [3.8, 4) is 0 Å². The topological polar surface area (TPSA) is 49.8 Å². The molecule has 4 heteroatoms. The summed E-state index contributed by atoms with van der Waals surface area (Å²) in [5.74, 6) is -0.692. The first-order chi connectivity index (χ1) is 8.11. The predicted molar refractivity (Wildman–Crippen MR) is 69.3 cm³/mol. The van der Waals surface area contributed by atoms with Crippen LogP contribution in [0.25, 0.3) is 0 Å². The average molecular weight is 245 g/mol. The van der Waals surface area contributed by atoms with Crippen LogP contribution in [-0.4, -0.2) is 48.8 Å². The van der Waals surface area contributed by atoms with E-state index in [1.807, 2.05) is 0 Å². The van der Waals surface area contributed by atoms with E-state index in [2.05, 4.69) is 18.7 Å². The van der Waals surface area contributed by atoms with Crippen molar-refractivity contribution in [1.82, 2.24) is 4.90 Å². The van der Waals surface area contributed by atoms with Crippen LogP contribution in [0, 0.1) is 0 Å². The van der Waals surface area contributed by atoms with Gasteiger partial charge in [0.25, 0.3) is 0 Å². The minimum Gasteiger partial charge on any atom is -0.481 e. The number of unbranched alkanes of at least 4 members (excludes halogenated alkanes) is 2. The van der Waals surface area contributed by atoms with Crippen molar-refractivity contribution in [2.24, 2.45) is 0 Å². The molecule has 17 heavy (non-hydrogen) atoms. The Kier molecular flexibility index (Phi) is 10.2. The average Bonchev–Trinajstić information content (AvgIpc) is 2.31. The standard InChI is InChI=1S/C13H27NO3/c1-4-12(2)14(10-11-17-3)9-7-5-6-8-13(15)16/h12H,4-11H2,1-3H3,(H,15,16). The molecule has 0 bridgehead atoms. The second kappa shape index (κ2) is 10.5. The minimum atomic E-state index is -0.692. The van der Waals surface area contributed by atoms with Crippen LogP contribution >= 0.6 is 0 Å². The molecule has 0 rings (SSSR count). The summed E-state index contributed by atoms with van der Waals surface area (Å²) >= 11 is 0. The molecule has 1 N–H and O–H groups in total. The molecule has 0 saturated carbocycles. The van der Waals surface area contributed by atoms with Crippen molar-refractivity contribution in [2.75, 3.05) is 26.8 Å². The monoisotopic (exact) mass is 245 g/mol. The Bertz CT molecular complexity index is 197. The summed E-state index contributed by atoms with van der Waals surface area (Å²) < 4.78 is 5.11. The van der Waals surface area contributed by atoms with E-state index < -0.39 is 5.97 Å². The summed E-state index contributed by atoms with van der Waals surface area (Å²) in [6.07, 6.45) is 4.28. The highest BCUT2D eigenvalue weighted by Crippen LogP contribution is 2.07. The van der Waals surface area contributed by atoms with Gasteiger partial charge in [-0.25, -0.2) is 0 Å². The second-order valence-corrected chi connectivity index (χ2v) is 4.49. The summed E-state index contributed by atoms with van der Waals surface area (Å²) in [6, 6.07) is 0.574. The first-order valence-corrected chi connectivity index (χ1v) is 6.56. The molecule has 0 aromatic heterocycles. The molecule has 4 nitrogen and oxygen atoms in total. The first-order valence-electron chi connectivity index (χ1n) is 6.56. The third kappa shape index (κ3) is 9.12. The van der Waals surface area contributed by atoms with Gasteiger partial charge in [0, 0.05) is 26.1 Å². The molecule has 0 heterocycles. The highest BCUT2D eigenvalue weighted by atomic mass is 16.5. The Morgan fingerprint density at radius 1 is 1.29 bits per heavy atom. The summed E-state index contributed by atoms with van der Waals surface area (Å²) in [5, 5.41) is 8.54. The zero-order valence-corrected chi connectivity index (χ0v) is 11.4. The number of aliphatic carboxylic acids is 1. The molecule has 0 saturated heterocycles. The molecule has 1 atom stereocenters. The zero-order chi connectivity index (χ0) is 13.1. The van der Waals surface area contributed by atoms with E-state index in [4.69, 9.17) is 9.84 Å². The molecule has 102 valence electrons. The Balaban J connectivity index is 3.71. The quantitative estimate of drug-likeness (QED) is 0.568. The Labute approximate surface area is 105 Å². The van der Waals surface area contributed by atoms with Crippen LogP contribution < -0.4 is 0 Å². The van der Waals surface area contributed by atoms with Crippen molar-refractivity contribution in [1.29, 1.82) is 0 Å². The van der Waals surface area contributed by atoms with Crippen LogP contribution in [0.5, 0.6) is 0 Å². The molecule has 0 fully saturated rings. The summed E-state index contributed by atoms with van der Waals surface area (Å²) in [6.45, 7) is 7.18. The van der Waals surface area contributed by atoms with E-state index in [0.29, 0.717) is 12.5 Å². The molecular weight excluding hydrogens is 218 g/mol. The summed E-state index contributed by atoms with van der Waals surface area (Å²) in [5.41, 5.74) is 0. The Morgan fingerprint density at radius 3 is 2.53 bits per heavy atom. The lowest BCUT2D eigenvalue weighted by Gasteiger charge is -2.28. The molecule has 0 radical (unpaired) electrons. The van der Waals surface area contributed by atoms with Crippen molar-refractivity contribution < 1.29 is 14.6 Å². The van der Waals surface area contributed by atoms with Crippen LogP contribution in [-0.2, 0) is 9.53 Å². The number of carboxylic acids is 1. The molecule has 1 unspecified atom stereocenters. The van der Waals surface area contributed by atoms with Crippen LogP contribution in [0.3, 0.4) is 0 Å². The number of hydrogen-bond acceptors (Lipinski definition) is 3. The molecule has 0 aliphatic rings. The van der Waals surface area contributed by atoms with Crippen LogP contribution in [0.2, 0.25) is 0 Å². The van der Waals surface area contributed by atoms with E-state index in [1.165, 1.54) is 0 Å². The van der Waals surface area contributed by atoms with Crippen LogP contribution in [0.1, 0.15) is 46.0 Å². The smallest absolute Gasteiger partial charge is 0.303 e. The van der Waals surface area contributed by atoms with E-state index in [-0.39, 0.29) is 0 Å². The molecule has 0 aliphatic carbocycles. The van der Waals surface area contributed by atoms with Gasteiger partial charge in [0.15, 0.2) is 0 Å². The van der Waals surface area contributed by atoms with Gasteiger partial charge in [-0.1, -0.05) is 13.3 Å². The van der Waals surface area contributed by atoms with Crippen molar-refractivity contribution in [3.05, 3.63) is 0 Å². The Hall–Kier alpha value is -0.610. The third-order valence-electron chi connectivity index (χ3n) is 3.13. The number of nitrogens with zero attached hydrogens (tertiary/aromatic N) is 1. The largest absolute Gasteiger partial charge is 0.481 e. The van der Waals surface area contributed by atoms with Crippen LogP contribution in [0.15, 0.2) is 0 Å². The van der Waals surface area contributed by atoms with E-state index in [0.717, 1.165) is 45.4 Å². The highest BCUT2D eigenvalue weighted by molar-refractivity contribution is 5.66. The van der Waals surface area contributed by atoms with Crippen LogP contribution in [0.4, 0.5) is 0 Å². The molecule has 0 aromatic rings. The SMILES string of the molecule is CCC(C)N(CCCCCC(=O)O)CCOC. The normalized spacial score (nSPS) is 12.9. The molecule has 0 spiro atoms. The lowest BCUT2D eigenvalue weighted by Crippen LogP contribution is -2.36. The molecule has 0 aliphatic heterocycles. The van der Waals surface area contributed by atoms with E-state index >= 15 is 0 Å². The Morgan fingerprint density at radius 2 is 2.00 bits per heavy atom. The lowest BCUT2D eigenvalue weighted by molar-refractivity contribution is -0.137. The number of methoxy groups -OCH3 is 1. The fraction of sp³-hybridized carbons (Fsp3) is 0.923. The molecular formula is C13H27NO3. The van der Waals surface area contributed by atoms with Gasteiger partial charge in [0.05, 0.1) is 6.61 Å². The van der Waals surface area contributed by atoms with Gasteiger partial charge in [-0.2, -0.15) is 0 Å². The highest BCUT2D eigenvalue weighted by Gasteiger charge is 2.11. The van der Waals surface area contributed by atoms with Gasteiger partial charge >= 0.3 is 5.97 Å². The number of carbonyl (C=O) groups is 1. The van der Waals surface area contributed by atoms with Gasteiger partial charge in [-0.15, -0.1) is 0 Å². The number of ether oxygens (including phenoxy) is 1. The summed E-state index contributed by atoms with van der Waals surface area (Å²) in [7, 11) is 1.72. The zero-order valence-electron chi connectivity index (χ0n) is 11.4. The van der Waals surface area contributed by atoms with Gasteiger partial charge in [0.1, 0.15) is 0 Å². The van der Waals surface area contributed by atoms with E-state index in [9.17, 15) is 4.79 Å². The van der Waals surface area contributed by atoms with Gasteiger partial charge in [-0.05, 0) is 32.7 Å². The van der Waals surface area contributed by atoms with Gasteiger partial charge < -0.3 is 9.84 Å². The first kappa shape index (κ1) is 16.4. The van der Waals surface area contributed by atoms with E-state index in [1.54, 1.807) is 7.11 Å². The molecule has 0 amide bonds. The number of carboxylic acid groups (broad SMARTS) is 1.